The van der Waals surface area contributed by atoms with E-state index in [4.69, 9.17) is 9.47 Å². The van der Waals surface area contributed by atoms with Crippen LogP contribution in [0.4, 0.5) is 20.2 Å². The molecule has 1 aromatic heterocycles. The van der Waals surface area contributed by atoms with Gasteiger partial charge in [0.2, 0.25) is 5.82 Å². The highest BCUT2D eigenvalue weighted by molar-refractivity contribution is 7.08. The molecule has 0 N–H and O–H groups in total. The van der Waals surface area contributed by atoms with Crippen molar-refractivity contribution in [3.05, 3.63) is 76.5 Å². The van der Waals surface area contributed by atoms with Crippen molar-refractivity contribution in [1.82, 2.24) is 0 Å². The summed E-state index contributed by atoms with van der Waals surface area (Å²) in [5.74, 6) is -3.21. The van der Waals surface area contributed by atoms with Crippen LogP contribution in [0.5, 0.6) is 11.5 Å². The first-order valence-electron chi connectivity index (χ1n) is 9.61. The van der Waals surface area contributed by atoms with Crippen molar-refractivity contribution in [1.29, 1.82) is 0 Å². The fourth-order valence-corrected chi connectivity index (χ4v) is 3.04. The molecule has 0 aliphatic carbocycles. The van der Waals surface area contributed by atoms with Gasteiger partial charge in [-0.15, -0.1) is 5.11 Å². The maximum atomic E-state index is 14.3. The van der Waals surface area contributed by atoms with E-state index < -0.39 is 23.4 Å². The molecule has 0 aliphatic heterocycles. The molecule has 0 bridgehead atoms. The van der Waals surface area contributed by atoms with Crippen LogP contribution in [-0.2, 0) is 4.79 Å². The second kappa shape index (κ2) is 11.1. The number of hydrogen-bond acceptors (Lipinski definition) is 6. The average Bonchev–Trinajstić information content (AvgIpc) is 3.30. The zero-order chi connectivity index (χ0) is 22.1. The average molecular weight is 442 g/mol. The number of ether oxygens (including phenoxy) is 2. The molecule has 0 amide bonds. The highest BCUT2D eigenvalue weighted by Crippen LogP contribution is 2.29. The van der Waals surface area contributed by atoms with Crippen LogP contribution >= 0.6 is 11.3 Å². The minimum atomic E-state index is -1.31. The van der Waals surface area contributed by atoms with Crippen molar-refractivity contribution in [2.45, 2.75) is 19.8 Å². The molecule has 3 rings (SSSR count). The predicted molar refractivity (Wildman–Crippen MR) is 116 cm³/mol. The lowest BCUT2D eigenvalue weighted by molar-refractivity contribution is -0.129. The highest BCUT2D eigenvalue weighted by Gasteiger charge is 2.16. The third-order valence-corrected chi connectivity index (χ3v) is 4.77. The van der Waals surface area contributed by atoms with Gasteiger partial charge in [-0.3, -0.25) is 0 Å². The minimum Gasteiger partial charge on any atom is -0.494 e. The monoisotopic (exact) mass is 442 g/mol. The number of azo groups is 1. The molecule has 0 fully saturated rings. The van der Waals surface area contributed by atoms with Crippen molar-refractivity contribution >= 4 is 34.8 Å². The smallest absolute Gasteiger partial charge is 0.336 e. The Labute approximate surface area is 182 Å². The van der Waals surface area contributed by atoms with Crippen molar-refractivity contribution < 1.29 is 23.0 Å². The van der Waals surface area contributed by atoms with Crippen LogP contribution in [-0.4, -0.2) is 12.6 Å². The number of esters is 1. The van der Waals surface area contributed by atoms with E-state index in [1.54, 1.807) is 24.3 Å². The van der Waals surface area contributed by atoms with E-state index in [1.807, 2.05) is 16.8 Å². The summed E-state index contributed by atoms with van der Waals surface area (Å²) in [6.45, 7) is 2.71. The van der Waals surface area contributed by atoms with Crippen molar-refractivity contribution in [3.63, 3.8) is 0 Å². The first-order valence-corrected chi connectivity index (χ1v) is 10.6. The Balaban J connectivity index is 1.63. The van der Waals surface area contributed by atoms with Crippen molar-refractivity contribution in [3.8, 4) is 11.5 Å². The largest absolute Gasteiger partial charge is 0.494 e. The summed E-state index contributed by atoms with van der Waals surface area (Å²) >= 11 is 1.47. The van der Waals surface area contributed by atoms with E-state index in [2.05, 4.69) is 17.2 Å². The zero-order valence-corrected chi connectivity index (χ0v) is 17.6. The van der Waals surface area contributed by atoms with Gasteiger partial charge in [0.15, 0.2) is 11.6 Å². The minimum absolute atomic E-state index is 0.311. The summed E-state index contributed by atoms with van der Waals surface area (Å²) in [6.07, 6.45) is 4.67. The molecule has 0 spiro atoms. The number of carbonyl (C=O) groups excluding carboxylic acids is 1. The van der Waals surface area contributed by atoms with Gasteiger partial charge in [-0.1, -0.05) is 13.3 Å². The van der Waals surface area contributed by atoms with E-state index in [1.165, 1.54) is 23.5 Å². The molecule has 0 atom stereocenters. The highest BCUT2D eigenvalue weighted by atomic mass is 32.1. The van der Waals surface area contributed by atoms with E-state index >= 15 is 0 Å². The molecule has 0 saturated carbocycles. The number of benzene rings is 2. The Bertz CT molecular complexity index is 1070. The summed E-state index contributed by atoms with van der Waals surface area (Å²) < 4.78 is 39.0. The second-order valence-electron chi connectivity index (χ2n) is 6.42. The zero-order valence-electron chi connectivity index (χ0n) is 16.8. The molecule has 1 heterocycles. The van der Waals surface area contributed by atoms with Crippen LogP contribution in [0.3, 0.4) is 0 Å². The molecular formula is C23H20F2N2O3S. The Kier molecular flexibility index (Phi) is 8.00. The molecule has 5 nitrogen and oxygen atoms in total. The normalized spacial score (nSPS) is 11.3. The SMILES string of the molecule is CCCCOc1ccc(N=Nc2ccc(OC(=O)/C=C/c3ccsc3)c(F)c2F)cc1. The lowest BCUT2D eigenvalue weighted by Gasteiger charge is -2.05. The quantitative estimate of drug-likeness (QED) is 0.115. The number of nitrogens with zero attached hydrogens (tertiary/aromatic N) is 2. The molecule has 31 heavy (non-hydrogen) atoms. The predicted octanol–water partition coefficient (Wildman–Crippen LogP) is 7.24. The topological polar surface area (TPSA) is 60.3 Å². The summed E-state index contributed by atoms with van der Waals surface area (Å²) in [6, 6.07) is 10.9. The van der Waals surface area contributed by atoms with Crippen LogP contribution in [0.2, 0.25) is 0 Å². The number of hydrogen-bond donors (Lipinski definition) is 0. The number of unbranched alkanes of at least 4 members (excludes halogenated alkanes) is 1. The van der Waals surface area contributed by atoms with Gasteiger partial charge in [0.05, 0.1) is 12.3 Å². The van der Waals surface area contributed by atoms with Crippen LogP contribution in [0.25, 0.3) is 6.08 Å². The molecule has 3 aromatic rings. The second-order valence-corrected chi connectivity index (χ2v) is 7.20. The van der Waals surface area contributed by atoms with Gasteiger partial charge in [0, 0.05) is 6.08 Å². The van der Waals surface area contributed by atoms with Gasteiger partial charge in [0.25, 0.3) is 0 Å². The lowest BCUT2D eigenvalue weighted by Crippen LogP contribution is -2.06. The Morgan fingerprint density at radius 2 is 1.87 bits per heavy atom. The number of carbonyl (C=O) groups is 1. The number of rotatable bonds is 9. The van der Waals surface area contributed by atoms with E-state index in [0.717, 1.165) is 30.5 Å². The van der Waals surface area contributed by atoms with Gasteiger partial charge < -0.3 is 9.47 Å². The van der Waals surface area contributed by atoms with E-state index in [-0.39, 0.29) is 5.69 Å². The Morgan fingerprint density at radius 3 is 2.58 bits per heavy atom. The van der Waals surface area contributed by atoms with Crippen LogP contribution in [0.1, 0.15) is 25.3 Å². The van der Waals surface area contributed by atoms with Gasteiger partial charge in [0.1, 0.15) is 11.4 Å². The first-order chi connectivity index (χ1) is 15.1. The molecular weight excluding hydrogens is 422 g/mol. The molecule has 0 unspecified atom stereocenters. The van der Waals surface area contributed by atoms with Gasteiger partial charge in [-0.2, -0.15) is 20.8 Å². The third kappa shape index (κ3) is 6.55. The third-order valence-electron chi connectivity index (χ3n) is 4.07. The number of thiophene rings is 1. The van der Waals surface area contributed by atoms with Crippen LogP contribution < -0.4 is 9.47 Å². The standard InChI is InChI=1S/C23H20F2N2O3S/c1-2-3-13-29-18-7-5-17(6-8-18)26-27-19-9-10-20(23(25)22(19)24)30-21(28)11-4-16-12-14-31-15-16/h4-12,14-15H,2-3,13H2,1H3/b11-4+,27-26?. The molecule has 160 valence electrons. The van der Waals surface area contributed by atoms with Crippen LogP contribution in [0, 0.1) is 11.6 Å². The Morgan fingerprint density at radius 1 is 1.06 bits per heavy atom. The molecule has 0 saturated heterocycles. The summed E-state index contributed by atoms with van der Waals surface area (Å²) in [4.78, 5) is 11.8. The lowest BCUT2D eigenvalue weighted by atomic mass is 10.2. The summed E-state index contributed by atoms with van der Waals surface area (Å²) in [7, 11) is 0. The molecule has 2 aromatic carbocycles. The Hall–Kier alpha value is -3.39. The molecule has 8 heteroatoms. The fourth-order valence-electron chi connectivity index (χ4n) is 2.41. The number of halogens is 2. The fraction of sp³-hybridized carbons (Fsp3) is 0.174. The van der Waals surface area contributed by atoms with Crippen molar-refractivity contribution in [2.75, 3.05) is 6.61 Å². The summed E-state index contributed by atoms with van der Waals surface area (Å²) in [5, 5.41) is 11.3. The maximum Gasteiger partial charge on any atom is 0.336 e. The van der Waals surface area contributed by atoms with Gasteiger partial charge >= 0.3 is 5.97 Å². The maximum absolute atomic E-state index is 14.3. The van der Waals surface area contributed by atoms with Gasteiger partial charge in [-0.25, -0.2) is 9.18 Å². The first kappa shape index (κ1) is 22.3. The molecule has 0 radical (unpaired) electrons. The van der Waals surface area contributed by atoms with E-state index in [0.29, 0.717) is 18.0 Å². The van der Waals surface area contributed by atoms with Crippen molar-refractivity contribution in [2.24, 2.45) is 10.2 Å². The molecule has 0 aliphatic rings. The van der Waals surface area contributed by atoms with Crippen LogP contribution in [0.15, 0.2) is 69.5 Å². The van der Waals surface area contributed by atoms with Gasteiger partial charge in [-0.05, 0) is 71.3 Å². The summed E-state index contributed by atoms with van der Waals surface area (Å²) in [5.41, 5.74) is 0.955. The van der Waals surface area contributed by atoms with E-state index in [9.17, 15) is 13.6 Å².